The minimum Gasteiger partial charge on any atom is -0.497 e. The number of nitrogens with two attached hydrogens (primary N) is 1. The van der Waals surface area contributed by atoms with Gasteiger partial charge in [0.2, 0.25) is 0 Å². The Kier molecular flexibility index (Phi) is 8.87. The number of carbonyl (C=O) groups is 3. The van der Waals surface area contributed by atoms with Gasteiger partial charge in [-0.1, -0.05) is 54.1 Å². The van der Waals surface area contributed by atoms with Crippen molar-refractivity contribution < 1.29 is 28.6 Å². The van der Waals surface area contributed by atoms with E-state index in [1.54, 1.807) is 56.2 Å². The molecule has 222 valence electrons. The molecule has 1 aliphatic heterocycles. The van der Waals surface area contributed by atoms with Gasteiger partial charge < -0.3 is 19.9 Å². The van der Waals surface area contributed by atoms with E-state index in [1.165, 1.54) is 0 Å². The van der Waals surface area contributed by atoms with Crippen LogP contribution in [0.4, 0.5) is 5.69 Å². The van der Waals surface area contributed by atoms with Gasteiger partial charge in [0, 0.05) is 27.9 Å². The largest absolute Gasteiger partial charge is 0.497 e. The zero-order valence-corrected chi connectivity index (χ0v) is 25.0. The number of rotatable bonds is 8. The van der Waals surface area contributed by atoms with Crippen molar-refractivity contribution in [3.63, 3.8) is 0 Å². The fraction of sp³-hybridized carbons (Fsp3) is 0.265. The van der Waals surface area contributed by atoms with Gasteiger partial charge in [0.25, 0.3) is 0 Å². The molecule has 3 aromatic rings. The first-order valence-corrected chi connectivity index (χ1v) is 14.5. The van der Waals surface area contributed by atoms with Crippen molar-refractivity contribution in [3.05, 3.63) is 118 Å². The summed E-state index contributed by atoms with van der Waals surface area (Å²) in [7, 11) is 1.56. The van der Waals surface area contributed by atoms with E-state index in [2.05, 4.69) is 0 Å². The predicted octanol–water partition coefficient (Wildman–Crippen LogP) is 5.88. The second kappa shape index (κ2) is 12.8. The van der Waals surface area contributed by atoms with Gasteiger partial charge in [-0.25, -0.2) is 4.79 Å². The predicted molar refractivity (Wildman–Crippen MR) is 163 cm³/mol. The Morgan fingerprint density at radius 2 is 1.63 bits per heavy atom. The zero-order valence-electron chi connectivity index (χ0n) is 24.2. The van der Waals surface area contributed by atoms with E-state index in [9.17, 15) is 14.4 Å². The molecule has 43 heavy (non-hydrogen) atoms. The maximum atomic E-state index is 14.8. The highest BCUT2D eigenvalue weighted by Gasteiger charge is 2.51. The molecule has 0 saturated carbocycles. The van der Waals surface area contributed by atoms with Gasteiger partial charge in [-0.15, -0.1) is 0 Å². The second-order valence-electron chi connectivity index (χ2n) is 10.2. The molecule has 5 rings (SSSR count). The van der Waals surface area contributed by atoms with E-state index in [-0.39, 0.29) is 36.6 Å². The third kappa shape index (κ3) is 5.62. The van der Waals surface area contributed by atoms with E-state index in [0.717, 1.165) is 5.56 Å². The molecule has 3 atom stereocenters. The summed E-state index contributed by atoms with van der Waals surface area (Å²) in [6, 6.07) is 23.5. The number of Topliss-reactive ketones (excluding diaryl/α,β-unsaturated/α-hetero) is 1. The second-order valence-corrected chi connectivity index (χ2v) is 10.7. The Morgan fingerprint density at radius 1 is 0.930 bits per heavy atom. The quantitative estimate of drug-likeness (QED) is 0.252. The SMILES string of the molecule is CCOC(=O)C1=C(N)N(c2ccccc2)C2=C(C(=O)[C@H](C(=O)OCC)[C@@H](c3cccc(OC)c3)C2)[C@@H]1c1cccc(Cl)c1. The molecule has 0 radical (unpaired) electrons. The highest BCUT2D eigenvalue weighted by molar-refractivity contribution is 6.30. The van der Waals surface area contributed by atoms with Crippen molar-refractivity contribution in [1.29, 1.82) is 0 Å². The van der Waals surface area contributed by atoms with E-state index in [4.69, 9.17) is 31.5 Å². The normalized spacial score (nSPS) is 20.0. The maximum absolute atomic E-state index is 14.8. The van der Waals surface area contributed by atoms with Crippen molar-refractivity contribution in [2.24, 2.45) is 11.7 Å². The van der Waals surface area contributed by atoms with Gasteiger partial charge in [0.05, 0.1) is 31.8 Å². The van der Waals surface area contributed by atoms with E-state index >= 15 is 0 Å². The van der Waals surface area contributed by atoms with E-state index < -0.39 is 35.5 Å². The van der Waals surface area contributed by atoms with Crippen molar-refractivity contribution in [1.82, 2.24) is 0 Å². The summed E-state index contributed by atoms with van der Waals surface area (Å²) in [5.41, 5.74) is 9.83. The van der Waals surface area contributed by atoms with Crippen molar-refractivity contribution in [2.75, 3.05) is 25.2 Å². The van der Waals surface area contributed by atoms with Crippen LogP contribution in [0.3, 0.4) is 0 Å². The van der Waals surface area contributed by atoms with Crippen LogP contribution in [0.25, 0.3) is 0 Å². The summed E-state index contributed by atoms with van der Waals surface area (Å²) in [5.74, 6) is -3.71. The number of anilines is 1. The van der Waals surface area contributed by atoms with Crippen molar-refractivity contribution in [3.8, 4) is 5.75 Å². The molecule has 0 aromatic heterocycles. The van der Waals surface area contributed by atoms with Crippen LogP contribution in [0.15, 0.2) is 102 Å². The van der Waals surface area contributed by atoms with Gasteiger partial charge in [-0.05, 0) is 67.8 Å². The molecular formula is C34H33ClN2O6. The lowest BCUT2D eigenvalue weighted by molar-refractivity contribution is -0.152. The third-order valence-corrected chi connectivity index (χ3v) is 8.03. The molecule has 0 bridgehead atoms. The van der Waals surface area contributed by atoms with Crippen molar-refractivity contribution >= 4 is 35.0 Å². The minimum atomic E-state index is -1.17. The molecule has 8 nitrogen and oxygen atoms in total. The number of halogens is 1. The van der Waals surface area contributed by atoms with Crippen LogP contribution in [0.5, 0.6) is 5.75 Å². The Labute approximate surface area is 255 Å². The number of allylic oxidation sites excluding steroid dienone is 2. The van der Waals surface area contributed by atoms with Gasteiger partial charge in [-0.3, -0.25) is 14.5 Å². The first-order valence-electron chi connectivity index (χ1n) is 14.2. The number of methoxy groups -OCH3 is 1. The molecular weight excluding hydrogens is 568 g/mol. The van der Waals surface area contributed by atoms with Gasteiger partial charge in [-0.2, -0.15) is 0 Å². The molecule has 2 aliphatic rings. The number of hydrogen-bond acceptors (Lipinski definition) is 8. The lowest BCUT2D eigenvalue weighted by Gasteiger charge is -2.44. The fourth-order valence-electron chi connectivity index (χ4n) is 6.02. The Bertz CT molecular complexity index is 1620. The molecule has 2 N–H and O–H groups in total. The summed E-state index contributed by atoms with van der Waals surface area (Å²) >= 11 is 6.42. The van der Waals surface area contributed by atoms with Crippen LogP contribution in [-0.4, -0.2) is 38.0 Å². The average molecular weight is 601 g/mol. The Hall–Kier alpha value is -4.56. The topological polar surface area (TPSA) is 108 Å². The average Bonchev–Trinajstić information content (AvgIpc) is 3.01. The molecule has 0 amide bonds. The van der Waals surface area contributed by atoms with Crippen LogP contribution < -0.4 is 15.4 Å². The van der Waals surface area contributed by atoms with Crippen LogP contribution in [-0.2, 0) is 23.9 Å². The molecule has 1 heterocycles. The van der Waals surface area contributed by atoms with Crippen LogP contribution in [0.1, 0.15) is 43.2 Å². The number of para-hydroxylation sites is 1. The lowest BCUT2D eigenvalue weighted by Crippen LogP contribution is -2.46. The standard InChI is InChI=1S/C34H33ClN2O6/c1-4-42-33(39)28-25(20-11-10-16-24(18-20)41-3)19-26-29(31(28)38)27(21-12-9-13-22(35)17-21)30(34(40)43-5-2)32(36)37(26)23-14-7-6-8-15-23/h6-18,25,27-28H,4-5,19,36H2,1-3H3/t25-,27+,28-/m1/s1. The van der Waals surface area contributed by atoms with Gasteiger partial charge in [0.1, 0.15) is 17.5 Å². The summed E-state index contributed by atoms with van der Waals surface area (Å²) in [4.78, 5) is 43.8. The first-order chi connectivity index (χ1) is 20.8. The number of carbonyl (C=O) groups excluding carboxylic acids is 3. The van der Waals surface area contributed by atoms with Gasteiger partial charge in [0.15, 0.2) is 5.78 Å². The first kappa shape index (κ1) is 29.9. The Morgan fingerprint density at radius 3 is 2.30 bits per heavy atom. The van der Waals surface area contributed by atoms with Crippen LogP contribution in [0, 0.1) is 5.92 Å². The van der Waals surface area contributed by atoms with Crippen LogP contribution >= 0.6 is 11.6 Å². The minimum absolute atomic E-state index is 0.0995. The molecule has 0 unspecified atom stereocenters. The summed E-state index contributed by atoms with van der Waals surface area (Å²) in [6.07, 6.45) is 0.250. The molecule has 0 fully saturated rings. The van der Waals surface area contributed by atoms with Crippen molar-refractivity contribution in [2.45, 2.75) is 32.1 Å². The third-order valence-electron chi connectivity index (χ3n) is 7.79. The lowest BCUT2D eigenvalue weighted by atomic mass is 9.67. The molecule has 3 aromatic carbocycles. The van der Waals surface area contributed by atoms with Gasteiger partial charge >= 0.3 is 11.9 Å². The summed E-state index contributed by atoms with van der Waals surface area (Å²) in [6.45, 7) is 3.61. The maximum Gasteiger partial charge on any atom is 0.338 e. The number of nitrogens with zero attached hydrogens (tertiary/aromatic N) is 1. The van der Waals surface area contributed by atoms with Crippen LogP contribution in [0.2, 0.25) is 5.02 Å². The highest BCUT2D eigenvalue weighted by Crippen LogP contribution is 2.52. The summed E-state index contributed by atoms with van der Waals surface area (Å²) < 4.78 is 16.4. The number of ether oxygens (including phenoxy) is 3. The fourth-order valence-corrected chi connectivity index (χ4v) is 6.21. The van der Waals surface area contributed by atoms with E-state index in [0.29, 0.717) is 27.7 Å². The molecule has 1 aliphatic carbocycles. The number of hydrogen-bond donors (Lipinski definition) is 1. The smallest absolute Gasteiger partial charge is 0.338 e. The Balaban J connectivity index is 1.82. The van der Waals surface area contributed by atoms with E-state index in [1.807, 2.05) is 48.5 Å². The zero-order chi connectivity index (χ0) is 30.7. The number of ketones is 1. The number of esters is 2. The monoisotopic (exact) mass is 600 g/mol. The highest BCUT2D eigenvalue weighted by atomic mass is 35.5. The molecule has 0 saturated heterocycles. The summed E-state index contributed by atoms with van der Waals surface area (Å²) in [5, 5.41) is 0.423. The molecule has 0 spiro atoms. The number of benzene rings is 3. The molecule has 9 heteroatoms.